The van der Waals surface area contributed by atoms with Gasteiger partial charge in [-0.25, -0.2) is 0 Å². The highest BCUT2D eigenvalue weighted by Gasteiger charge is 2.14. The fourth-order valence-corrected chi connectivity index (χ4v) is 8.65. The van der Waals surface area contributed by atoms with Gasteiger partial charge in [-0.2, -0.15) is 0 Å². The van der Waals surface area contributed by atoms with Gasteiger partial charge < -0.3 is 0 Å². The third-order valence-corrected chi connectivity index (χ3v) is 10.1. The molecule has 0 aliphatic carbocycles. The van der Waals surface area contributed by atoms with E-state index in [1.165, 1.54) is 87.2 Å². The number of rotatable bonds is 9. The van der Waals surface area contributed by atoms with Gasteiger partial charge in [-0.05, 0) is 48.7 Å². The van der Waals surface area contributed by atoms with E-state index in [0.717, 1.165) is 9.16 Å². The van der Waals surface area contributed by atoms with E-state index in [4.69, 9.17) is 0 Å². The van der Waals surface area contributed by atoms with Crippen molar-refractivity contribution in [2.24, 2.45) is 0 Å². The van der Waals surface area contributed by atoms with Crippen LogP contribution in [0.15, 0.2) is 0 Å². The molecule has 0 aromatic carbocycles. The van der Waals surface area contributed by atoms with Gasteiger partial charge in [0.2, 0.25) is 0 Å². The number of thioether (sulfide) groups is 4. The highest BCUT2D eigenvalue weighted by atomic mass is 32.2. The van der Waals surface area contributed by atoms with E-state index >= 15 is 0 Å². The Bertz CT molecular complexity index is 199. The summed E-state index contributed by atoms with van der Waals surface area (Å²) in [5.74, 6) is 5.65. The smallest absolute Gasteiger partial charge is 0.0502 e. The van der Waals surface area contributed by atoms with Crippen molar-refractivity contribution in [1.82, 2.24) is 0 Å². The molecule has 2 aliphatic rings. The lowest BCUT2D eigenvalue weighted by molar-refractivity contribution is 0.582. The van der Waals surface area contributed by atoms with Crippen LogP contribution < -0.4 is 0 Å². The third-order valence-electron chi connectivity index (χ3n) is 3.92. The Morgan fingerprint density at radius 3 is 1.25 bits per heavy atom. The van der Waals surface area contributed by atoms with E-state index in [1.54, 1.807) is 0 Å². The van der Waals surface area contributed by atoms with E-state index in [9.17, 15) is 0 Å². The first-order chi connectivity index (χ1) is 9.95. The molecule has 0 aromatic heterocycles. The van der Waals surface area contributed by atoms with Crippen molar-refractivity contribution >= 4 is 47.0 Å². The molecule has 0 spiro atoms. The summed E-state index contributed by atoms with van der Waals surface area (Å²) in [6.07, 6.45) is 14.6. The molecule has 0 aromatic rings. The van der Waals surface area contributed by atoms with Crippen molar-refractivity contribution in [1.29, 1.82) is 0 Å². The summed E-state index contributed by atoms with van der Waals surface area (Å²) in [7, 11) is 0. The first-order valence-corrected chi connectivity index (χ1v) is 12.6. The van der Waals surface area contributed by atoms with Crippen LogP contribution in [0.5, 0.6) is 0 Å². The second-order valence-corrected chi connectivity index (χ2v) is 11.6. The summed E-state index contributed by atoms with van der Waals surface area (Å²) in [6.45, 7) is 0. The Morgan fingerprint density at radius 1 is 0.500 bits per heavy atom. The lowest BCUT2D eigenvalue weighted by atomic mass is 10.1. The summed E-state index contributed by atoms with van der Waals surface area (Å²) in [4.78, 5) is 0. The maximum Gasteiger partial charge on any atom is 0.0502 e. The van der Waals surface area contributed by atoms with E-state index in [0.29, 0.717) is 0 Å². The fourth-order valence-electron chi connectivity index (χ4n) is 2.74. The number of hydrogen-bond donors (Lipinski definition) is 0. The highest BCUT2D eigenvalue weighted by Crippen LogP contribution is 2.35. The SMILES string of the molecule is C(CCCCC1SCCCS1)CCCC1SCCCS1. The quantitative estimate of drug-likeness (QED) is 0.435. The van der Waals surface area contributed by atoms with Gasteiger partial charge in [0.25, 0.3) is 0 Å². The molecule has 2 fully saturated rings. The molecule has 118 valence electrons. The Morgan fingerprint density at radius 2 is 0.850 bits per heavy atom. The second kappa shape index (κ2) is 11.9. The van der Waals surface area contributed by atoms with Crippen LogP contribution in [0.4, 0.5) is 0 Å². The zero-order chi connectivity index (χ0) is 13.9. The molecule has 0 atom stereocenters. The van der Waals surface area contributed by atoms with Crippen molar-refractivity contribution in [3.05, 3.63) is 0 Å². The van der Waals surface area contributed by atoms with E-state index < -0.39 is 0 Å². The summed E-state index contributed by atoms with van der Waals surface area (Å²) < 4.78 is 1.87. The maximum atomic E-state index is 2.21. The molecular weight excluding hydrogens is 320 g/mol. The summed E-state index contributed by atoms with van der Waals surface area (Å²) in [5.41, 5.74) is 0. The number of unbranched alkanes of at least 4 members (excludes halogenated alkanes) is 5. The minimum absolute atomic E-state index is 0.934. The van der Waals surface area contributed by atoms with Gasteiger partial charge in [-0.3, -0.25) is 0 Å². The molecule has 4 heteroatoms. The van der Waals surface area contributed by atoms with Crippen molar-refractivity contribution in [2.45, 2.75) is 73.4 Å². The van der Waals surface area contributed by atoms with Gasteiger partial charge in [0.15, 0.2) is 0 Å². The van der Waals surface area contributed by atoms with Crippen molar-refractivity contribution in [2.75, 3.05) is 23.0 Å². The van der Waals surface area contributed by atoms with Crippen LogP contribution in [-0.4, -0.2) is 32.2 Å². The predicted octanol–water partition coefficient (Wildman–Crippen LogP) is 6.50. The van der Waals surface area contributed by atoms with Gasteiger partial charge >= 0.3 is 0 Å². The topological polar surface area (TPSA) is 0 Å². The second-order valence-electron chi connectivity index (χ2n) is 5.75. The van der Waals surface area contributed by atoms with Crippen LogP contribution >= 0.6 is 47.0 Å². The van der Waals surface area contributed by atoms with Crippen LogP contribution in [-0.2, 0) is 0 Å². The Labute approximate surface area is 143 Å². The average molecular weight is 351 g/mol. The highest BCUT2D eigenvalue weighted by molar-refractivity contribution is 8.17. The van der Waals surface area contributed by atoms with Crippen LogP contribution in [0.3, 0.4) is 0 Å². The molecule has 0 unspecified atom stereocenters. The molecule has 2 saturated heterocycles. The molecule has 0 radical (unpaired) electrons. The zero-order valence-electron chi connectivity index (χ0n) is 12.7. The first-order valence-electron chi connectivity index (χ1n) is 8.41. The van der Waals surface area contributed by atoms with Gasteiger partial charge in [0.05, 0.1) is 9.16 Å². The average Bonchev–Trinajstić information content (AvgIpc) is 2.52. The third kappa shape index (κ3) is 8.14. The van der Waals surface area contributed by atoms with E-state index in [1.807, 2.05) is 0 Å². The normalized spacial score (nSPS) is 22.2. The first kappa shape index (κ1) is 17.7. The van der Waals surface area contributed by atoms with Gasteiger partial charge in [0, 0.05) is 0 Å². The van der Waals surface area contributed by atoms with Crippen LogP contribution in [0.25, 0.3) is 0 Å². The van der Waals surface area contributed by atoms with Crippen molar-refractivity contribution in [3.63, 3.8) is 0 Å². The lowest BCUT2D eigenvalue weighted by Crippen LogP contribution is -2.06. The molecular formula is C16H30S4. The molecule has 0 bridgehead atoms. The van der Waals surface area contributed by atoms with Crippen molar-refractivity contribution in [3.8, 4) is 0 Å². The van der Waals surface area contributed by atoms with Gasteiger partial charge in [-0.1, -0.05) is 38.5 Å². The zero-order valence-corrected chi connectivity index (χ0v) is 16.0. The Hall–Kier alpha value is 1.40. The van der Waals surface area contributed by atoms with Crippen LogP contribution in [0.2, 0.25) is 0 Å². The molecule has 2 aliphatic heterocycles. The van der Waals surface area contributed by atoms with Crippen LogP contribution in [0.1, 0.15) is 64.2 Å². The Kier molecular flexibility index (Phi) is 10.6. The lowest BCUT2D eigenvalue weighted by Gasteiger charge is -2.20. The fraction of sp³-hybridized carbons (Fsp3) is 1.00. The maximum absolute atomic E-state index is 2.21. The molecule has 2 heterocycles. The number of hydrogen-bond acceptors (Lipinski definition) is 4. The minimum atomic E-state index is 0.934. The predicted molar refractivity (Wildman–Crippen MR) is 104 cm³/mol. The standard InChI is InChI=1S/C16H30S4/c1(3-5-9-15-17-11-7-12-18-15)2-4-6-10-16-19-13-8-14-20-16/h15-16H,1-14H2. The minimum Gasteiger partial charge on any atom is -0.148 e. The molecule has 2 rings (SSSR count). The summed E-state index contributed by atoms with van der Waals surface area (Å²) in [6, 6.07) is 0. The summed E-state index contributed by atoms with van der Waals surface area (Å²) >= 11 is 8.84. The summed E-state index contributed by atoms with van der Waals surface area (Å²) in [5, 5.41) is 0. The largest absolute Gasteiger partial charge is 0.148 e. The molecule has 0 N–H and O–H groups in total. The monoisotopic (exact) mass is 350 g/mol. The van der Waals surface area contributed by atoms with Gasteiger partial charge in [0.1, 0.15) is 0 Å². The molecule has 0 nitrogen and oxygen atoms in total. The van der Waals surface area contributed by atoms with E-state index in [-0.39, 0.29) is 0 Å². The molecule has 20 heavy (non-hydrogen) atoms. The molecule has 0 amide bonds. The molecule has 0 saturated carbocycles. The van der Waals surface area contributed by atoms with E-state index in [2.05, 4.69) is 47.0 Å². The van der Waals surface area contributed by atoms with Crippen molar-refractivity contribution < 1.29 is 0 Å². The Balaban J connectivity index is 1.33. The van der Waals surface area contributed by atoms with Crippen LogP contribution in [0, 0.1) is 0 Å². The van der Waals surface area contributed by atoms with Gasteiger partial charge in [-0.15, -0.1) is 47.0 Å².